The molecule has 0 fully saturated rings. The molecule has 1 amide bonds. The quantitative estimate of drug-likeness (QED) is 0.431. The molecule has 4 heterocycles. The summed E-state index contributed by atoms with van der Waals surface area (Å²) >= 11 is 4.15. The summed E-state index contributed by atoms with van der Waals surface area (Å²) in [6.07, 6.45) is 5.83. The fourth-order valence-electron chi connectivity index (χ4n) is 4.37. The molecule has 0 unspecified atom stereocenters. The number of fused-ring (bicyclic) bond motifs is 4. The average molecular weight is 431 g/mol. The van der Waals surface area contributed by atoms with Crippen molar-refractivity contribution in [2.75, 3.05) is 11.5 Å². The fraction of sp³-hybridized carbons (Fsp3) is 0.217. The van der Waals surface area contributed by atoms with Crippen molar-refractivity contribution in [2.24, 2.45) is 0 Å². The first kappa shape index (κ1) is 19.6. The van der Waals surface area contributed by atoms with Gasteiger partial charge in [0.25, 0.3) is 0 Å². The van der Waals surface area contributed by atoms with Gasteiger partial charge in [-0.15, -0.1) is 0 Å². The number of hydrogen-bond donors (Lipinski definition) is 3. The number of carbonyl (C=O) groups excluding carboxylic acids is 1. The molecule has 3 aromatic heterocycles. The first-order valence-corrected chi connectivity index (χ1v) is 10.8. The van der Waals surface area contributed by atoms with Crippen LogP contribution in [0, 0.1) is 0 Å². The molecule has 7 nitrogen and oxygen atoms in total. The van der Waals surface area contributed by atoms with Crippen molar-refractivity contribution < 1.29 is 4.79 Å². The maximum atomic E-state index is 12.1. The van der Waals surface area contributed by atoms with Gasteiger partial charge in [-0.05, 0) is 30.4 Å². The number of anilines is 1. The Balaban J connectivity index is 1.71. The highest BCUT2D eigenvalue weighted by atomic mass is 32.1. The number of para-hydroxylation sites is 1. The maximum absolute atomic E-state index is 12.1. The lowest BCUT2D eigenvalue weighted by Gasteiger charge is -2.25. The molecule has 31 heavy (non-hydrogen) atoms. The monoisotopic (exact) mass is 430 g/mol. The lowest BCUT2D eigenvalue weighted by atomic mass is 9.97. The summed E-state index contributed by atoms with van der Waals surface area (Å²) in [5.41, 5.74) is 12.0. The normalized spacial score (nSPS) is 15.7. The Bertz CT molecular complexity index is 1360. The first-order chi connectivity index (χ1) is 15.1. The van der Waals surface area contributed by atoms with Crippen molar-refractivity contribution in [1.82, 2.24) is 24.8 Å². The lowest BCUT2D eigenvalue weighted by Crippen LogP contribution is -2.38. The van der Waals surface area contributed by atoms with Gasteiger partial charge in [0.05, 0.1) is 22.6 Å². The molecule has 1 aromatic carbocycles. The summed E-state index contributed by atoms with van der Waals surface area (Å²) < 4.78 is 2.12. The maximum Gasteiger partial charge on any atom is 0.221 e. The number of thiol groups is 1. The number of aromatic nitrogens is 4. The Labute approximate surface area is 184 Å². The van der Waals surface area contributed by atoms with Crippen LogP contribution in [-0.4, -0.2) is 37.2 Å². The molecule has 4 aromatic rings. The zero-order valence-corrected chi connectivity index (χ0v) is 17.9. The number of rotatable bonds is 4. The Hall–Kier alpha value is -3.39. The van der Waals surface area contributed by atoms with Gasteiger partial charge in [-0.25, -0.2) is 9.97 Å². The van der Waals surface area contributed by atoms with Crippen LogP contribution in [-0.2, 0) is 11.3 Å². The minimum absolute atomic E-state index is 0.0166. The predicted octanol–water partition coefficient (Wildman–Crippen LogP) is 3.45. The highest BCUT2D eigenvalue weighted by molar-refractivity contribution is 7.80. The molecule has 8 heteroatoms. The van der Waals surface area contributed by atoms with E-state index in [0.717, 1.165) is 44.3 Å². The number of carbonyl (C=O) groups is 1. The molecule has 3 N–H and O–H groups in total. The Morgan fingerprint density at radius 3 is 2.97 bits per heavy atom. The van der Waals surface area contributed by atoms with Gasteiger partial charge in [0.1, 0.15) is 17.8 Å². The van der Waals surface area contributed by atoms with Crippen LogP contribution in [0.15, 0.2) is 48.9 Å². The minimum Gasteiger partial charge on any atom is -0.383 e. The van der Waals surface area contributed by atoms with Gasteiger partial charge >= 0.3 is 0 Å². The Morgan fingerprint density at radius 2 is 2.13 bits per heavy atom. The second-order valence-corrected chi connectivity index (χ2v) is 8.15. The molecule has 156 valence electrons. The molecular formula is C23H22N6OS. The highest BCUT2D eigenvalue weighted by Gasteiger charge is 2.28. The third kappa shape index (κ3) is 3.33. The molecule has 0 bridgehead atoms. The number of pyridine rings is 1. The summed E-state index contributed by atoms with van der Waals surface area (Å²) in [6, 6.07) is 10.0. The molecule has 0 saturated carbocycles. The SMILES string of the molecule is CC1=C[C@H](NC(=O)CCS)Cn2c1c(-c1cnc3ccccc3c1)c1c(N)ncnc12. The van der Waals surface area contributed by atoms with Crippen LogP contribution in [0.3, 0.4) is 0 Å². The van der Waals surface area contributed by atoms with Crippen molar-refractivity contribution in [3.05, 3.63) is 54.6 Å². The van der Waals surface area contributed by atoms with Gasteiger partial charge in [-0.1, -0.05) is 24.3 Å². The summed E-state index contributed by atoms with van der Waals surface area (Å²) in [5, 5.41) is 4.94. The number of amides is 1. The third-order valence-corrected chi connectivity index (χ3v) is 5.86. The van der Waals surface area contributed by atoms with E-state index in [1.807, 2.05) is 37.4 Å². The van der Waals surface area contributed by atoms with Crippen LogP contribution < -0.4 is 11.1 Å². The van der Waals surface area contributed by atoms with Gasteiger partial charge < -0.3 is 15.6 Å². The molecule has 1 aliphatic rings. The summed E-state index contributed by atoms with van der Waals surface area (Å²) in [6.45, 7) is 2.61. The van der Waals surface area contributed by atoms with E-state index in [1.165, 1.54) is 6.33 Å². The van der Waals surface area contributed by atoms with Gasteiger partial charge in [-0.2, -0.15) is 12.6 Å². The van der Waals surface area contributed by atoms with Gasteiger partial charge in [-0.3, -0.25) is 9.78 Å². The fourth-order valence-corrected chi connectivity index (χ4v) is 4.57. The largest absolute Gasteiger partial charge is 0.383 e. The Kier molecular flexibility index (Phi) is 4.86. The number of nitrogen functional groups attached to an aromatic ring is 1. The van der Waals surface area contributed by atoms with Crippen LogP contribution in [0.2, 0.25) is 0 Å². The molecule has 1 atom stereocenters. The highest BCUT2D eigenvalue weighted by Crippen LogP contribution is 2.41. The number of nitrogens with one attached hydrogen (secondary N) is 1. The summed E-state index contributed by atoms with van der Waals surface area (Å²) in [7, 11) is 0. The van der Waals surface area contributed by atoms with E-state index in [4.69, 9.17) is 5.73 Å². The molecule has 0 aliphatic carbocycles. The zero-order chi connectivity index (χ0) is 21.5. The van der Waals surface area contributed by atoms with E-state index < -0.39 is 0 Å². The van der Waals surface area contributed by atoms with Crippen LogP contribution in [0.1, 0.15) is 19.0 Å². The van der Waals surface area contributed by atoms with E-state index in [2.05, 4.69) is 49.6 Å². The van der Waals surface area contributed by atoms with Gasteiger partial charge in [0.15, 0.2) is 0 Å². The number of nitrogens with two attached hydrogens (primary N) is 1. The second-order valence-electron chi connectivity index (χ2n) is 7.71. The molecule has 0 radical (unpaired) electrons. The average Bonchev–Trinajstić information content (AvgIpc) is 3.10. The number of benzene rings is 1. The van der Waals surface area contributed by atoms with Crippen molar-refractivity contribution >= 4 is 51.9 Å². The van der Waals surface area contributed by atoms with Crippen LogP contribution in [0.5, 0.6) is 0 Å². The first-order valence-electron chi connectivity index (χ1n) is 10.1. The minimum atomic E-state index is -0.130. The van der Waals surface area contributed by atoms with E-state index in [9.17, 15) is 4.79 Å². The van der Waals surface area contributed by atoms with Gasteiger partial charge in [0.2, 0.25) is 5.91 Å². The number of nitrogens with zero attached hydrogens (tertiary/aromatic N) is 4. The smallest absolute Gasteiger partial charge is 0.221 e. The lowest BCUT2D eigenvalue weighted by molar-refractivity contribution is -0.121. The Morgan fingerprint density at radius 1 is 1.29 bits per heavy atom. The van der Waals surface area contributed by atoms with E-state index in [0.29, 0.717) is 24.5 Å². The number of allylic oxidation sites excluding steroid dienone is 1. The molecule has 0 saturated heterocycles. The topological polar surface area (TPSA) is 98.7 Å². The van der Waals surface area contributed by atoms with Crippen LogP contribution >= 0.6 is 12.6 Å². The molecule has 1 aliphatic heterocycles. The number of hydrogen-bond acceptors (Lipinski definition) is 6. The summed E-state index contributed by atoms with van der Waals surface area (Å²) in [5.74, 6) is 0.928. The van der Waals surface area contributed by atoms with E-state index in [1.54, 1.807) is 0 Å². The third-order valence-electron chi connectivity index (χ3n) is 5.64. The molecular weight excluding hydrogens is 408 g/mol. The second kappa shape index (κ2) is 7.70. The van der Waals surface area contributed by atoms with E-state index in [-0.39, 0.29) is 11.9 Å². The predicted molar refractivity (Wildman–Crippen MR) is 127 cm³/mol. The standard InChI is InChI=1S/C23H22N6OS/c1-13-8-16(28-18(30)6-7-31)11-29-21(13)19(20-22(24)26-12-27-23(20)29)15-9-14-4-2-3-5-17(14)25-10-15/h2-5,8-10,12,16,31H,6-7,11H2,1H3,(H,28,30)(H2,24,26,27)/t16-/m0/s1. The van der Waals surface area contributed by atoms with Crippen molar-refractivity contribution in [3.63, 3.8) is 0 Å². The van der Waals surface area contributed by atoms with Crippen molar-refractivity contribution in [1.29, 1.82) is 0 Å². The van der Waals surface area contributed by atoms with Crippen LogP contribution in [0.25, 0.3) is 38.6 Å². The van der Waals surface area contributed by atoms with E-state index >= 15 is 0 Å². The summed E-state index contributed by atoms with van der Waals surface area (Å²) in [4.78, 5) is 25.6. The zero-order valence-electron chi connectivity index (χ0n) is 17.0. The van der Waals surface area contributed by atoms with Crippen molar-refractivity contribution in [3.8, 4) is 11.1 Å². The molecule has 5 rings (SSSR count). The van der Waals surface area contributed by atoms with Crippen LogP contribution in [0.4, 0.5) is 5.82 Å². The van der Waals surface area contributed by atoms with Gasteiger partial charge in [0, 0.05) is 35.7 Å². The molecule has 0 spiro atoms. The van der Waals surface area contributed by atoms with Crippen molar-refractivity contribution in [2.45, 2.75) is 25.9 Å².